The van der Waals surface area contributed by atoms with Crippen LogP contribution in [-0.2, 0) is 4.79 Å². The molecule has 3 aromatic heterocycles. The van der Waals surface area contributed by atoms with E-state index in [9.17, 15) is 4.79 Å². The van der Waals surface area contributed by atoms with Crippen LogP contribution in [0.15, 0.2) is 24.8 Å². The summed E-state index contributed by atoms with van der Waals surface area (Å²) in [5.41, 5.74) is 1.61. The van der Waals surface area contributed by atoms with Crippen LogP contribution in [0.5, 0.6) is 0 Å². The van der Waals surface area contributed by atoms with Gasteiger partial charge in [0.15, 0.2) is 5.65 Å². The first kappa shape index (κ1) is 13.0. The van der Waals surface area contributed by atoms with Crippen LogP contribution in [0, 0.1) is 5.92 Å². The summed E-state index contributed by atoms with van der Waals surface area (Å²) >= 11 is 0. The average molecular weight is 297 g/mol. The van der Waals surface area contributed by atoms with Gasteiger partial charge in [-0.3, -0.25) is 4.79 Å². The topological polar surface area (TPSA) is 95.0 Å². The Morgan fingerprint density at radius 2 is 2.09 bits per heavy atom. The molecule has 7 heteroatoms. The van der Waals surface area contributed by atoms with E-state index >= 15 is 0 Å². The molecule has 0 amide bonds. The summed E-state index contributed by atoms with van der Waals surface area (Å²) < 4.78 is 0. The highest BCUT2D eigenvalue weighted by molar-refractivity contribution is 6.08. The number of aliphatic carboxylic acids is 1. The first-order valence-corrected chi connectivity index (χ1v) is 7.28. The van der Waals surface area contributed by atoms with Crippen LogP contribution in [0.2, 0.25) is 0 Å². The van der Waals surface area contributed by atoms with E-state index in [2.05, 4.69) is 24.8 Å². The zero-order valence-corrected chi connectivity index (χ0v) is 11.9. The third-order valence-electron chi connectivity index (χ3n) is 4.31. The Balaban J connectivity index is 1.79. The van der Waals surface area contributed by atoms with Crippen LogP contribution in [0.25, 0.3) is 21.9 Å². The standard InChI is InChI=1S/C15H15N5O2/c21-15(22)9-2-5-20(6-3-9)14-12-10-1-4-16-13(10)17-7-11(12)18-8-19-14/h1,4,7-9H,2-3,5-6H2,(H,18,19)(H,21,22). The number of carboxylic acids is 1. The molecule has 4 rings (SSSR count). The van der Waals surface area contributed by atoms with Crippen molar-refractivity contribution in [2.75, 3.05) is 18.0 Å². The second-order valence-corrected chi connectivity index (χ2v) is 5.55. The van der Waals surface area contributed by atoms with Gasteiger partial charge in [0.25, 0.3) is 0 Å². The Kier molecular flexibility index (Phi) is 2.92. The highest BCUT2D eigenvalue weighted by Gasteiger charge is 2.26. The maximum Gasteiger partial charge on any atom is 0.306 e. The summed E-state index contributed by atoms with van der Waals surface area (Å²) in [7, 11) is 0. The van der Waals surface area contributed by atoms with Gasteiger partial charge in [0.2, 0.25) is 0 Å². The quantitative estimate of drug-likeness (QED) is 0.749. The highest BCUT2D eigenvalue weighted by atomic mass is 16.4. The third-order valence-corrected chi connectivity index (χ3v) is 4.31. The van der Waals surface area contributed by atoms with Crippen molar-refractivity contribution in [3.63, 3.8) is 0 Å². The minimum Gasteiger partial charge on any atom is -0.481 e. The molecule has 0 atom stereocenters. The Labute approximate surface area is 126 Å². The molecular formula is C15H15N5O2. The molecular weight excluding hydrogens is 282 g/mol. The minimum absolute atomic E-state index is 0.250. The minimum atomic E-state index is -0.703. The molecule has 0 aliphatic carbocycles. The number of rotatable bonds is 2. The smallest absolute Gasteiger partial charge is 0.306 e. The van der Waals surface area contributed by atoms with Gasteiger partial charge in [0.1, 0.15) is 5.82 Å². The zero-order valence-electron chi connectivity index (χ0n) is 11.9. The maximum atomic E-state index is 11.1. The van der Waals surface area contributed by atoms with Crippen molar-refractivity contribution in [2.24, 2.45) is 5.92 Å². The van der Waals surface area contributed by atoms with E-state index in [4.69, 9.17) is 5.11 Å². The van der Waals surface area contributed by atoms with Crippen LogP contribution >= 0.6 is 0 Å². The van der Waals surface area contributed by atoms with Gasteiger partial charge < -0.3 is 15.0 Å². The highest BCUT2D eigenvalue weighted by Crippen LogP contribution is 2.31. The van der Waals surface area contributed by atoms with Crippen molar-refractivity contribution in [3.8, 4) is 0 Å². The fourth-order valence-corrected chi connectivity index (χ4v) is 3.12. The Hall–Kier alpha value is -2.70. The molecule has 4 heterocycles. The van der Waals surface area contributed by atoms with E-state index in [0.717, 1.165) is 22.1 Å². The van der Waals surface area contributed by atoms with Crippen molar-refractivity contribution in [1.29, 1.82) is 0 Å². The summed E-state index contributed by atoms with van der Waals surface area (Å²) in [6.45, 7) is 1.39. The van der Waals surface area contributed by atoms with Crippen molar-refractivity contribution >= 4 is 33.7 Å². The molecule has 1 aliphatic heterocycles. The van der Waals surface area contributed by atoms with Gasteiger partial charge in [-0.25, -0.2) is 15.0 Å². The molecule has 22 heavy (non-hydrogen) atoms. The molecule has 1 fully saturated rings. The number of aromatic amines is 1. The monoisotopic (exact) mass is 297 g/mol. The number of hydrogen-bond acceptors (Lipinski definition) is 5. The second-order valence-electron chi connectivity index (χ2n) is 5.55. The number of fused-ring (bicyclic) bond motifs is 3. The lowest BCUT2D eigenvalue weighted by Gasteiger charge is -2.31. The molecule has 1 saturated heterocycles. The molecule has 0 spiro atoms. The predicted molar refractivity (Wildman–Crippen MR) is 81.8 cm³/mol. The lowest BCUT2D eigenvalue weighted by molar-refractivity contribution is -0.142. The van der Waals surface area contributed by atoms with Crippen LogP contribution in [-0.4, -0.2) is 44.1 Å². The Morgan fingerprint density at radius 1 is 1.27 bits per heavy atom. The van der Waals surface area contributed by atoms with Crippen LogP contribution in [0.3, 0.4) is 0 Å². The molecule has 0 saturated carbocycles. The van der Waals surface area contributed by atoms with Crippen LogP contribution in [0.1, 0.15) is 12.8 Å². The summed E-state index contributed by atoms with van der Waals surface area (Å²) in [4.78, 5) is 29.4. The van der Waals surface area contributed by atoms with Crippen LogP contribution < -0.4 is 4.90 Å². The summed E-state index contributed by atoms with van der Waals surface area (Å²) in [5, 5.41) is 11.1. The van der Waals surface area contributed by atoms with Gasteiger partial charge in [-0.05, 0) is 18.9 Å². The molecule has 0 unspecified atom stereocenters. The van der Waals surface area contributed by atoms with E-state index in [1.165, 1.54) is 0 Å². The number of nitrogens with one attached hydrogen (secondary N) is 1. The number of carboxylic acid groups (broad SMARTS) is 1. The normalized spacial score (nSPS) is 16.5. The van der Waals surface area contributed by atoms with E-state index in [1.807, 2.05) is 6.07 Å². The SMILES string of the molecule is O=C(O)C1CCN(c2nc[nH]c3cnc4nccc4c23)CC1. The third kappa shape index (κ3) is 1.97. The second kappa shape index (κ2) is 4.94. The van der Waals surface area contributed by atoms with Gasteiger partial charge in [0, 0.05) is 24.7 Å². The van der Waals surface area contributed by atoms with E-state index in [-0.39, 0.29) is 5.92 Å². The summed E-state index contributed by atoms with van der Waals surface area (Å²) in [6, 6.07) is 1.94. The van der Waals surface area contributed by atoms with Gasteiger partial charge in [0.05, 0.1) is 29.3 Å². The van der Waals surface area contributed by atoms with Crippen molar-refractivity contribution in [1.82, 2.24) is 19.9 Å². The molecule has 1 aliphatic rings. The maximum absolute atomic E-state index is 11.1. The Bertz CT molecular complexity index is 851. The lowest BCUT2D eigenvalue weighted by Crippen LogP contribution is -2.36. The number of pyridine rings is 1. The largest absolute Gasteiger partial charge is 0.481 e. The summed E-state index contributed by atoms with van der Waals surface area (Å²) in [6.07, 6.45) is 6.45. The Morgan fingerprint density at radius 3 is 2.86 bits per heavy atom. The molecule has 112 valence electrons. The zero-order chi connectivity index (χ0) is 15.1. The van der Waals surface area contributed by atoms with Crippen molar-refractivity contribution < 1.29 is 9.90 Å². The molecule has 0 radical (unpaired) electrons. The number of piperidine rings is 1. The van der Waals surface area contributed by atoms with Gasteiger partial charge in [-0.2, -0.15) is 0 Å². The number of hydrogen-bond donors (Lipinski definition) is 2. The lowest BCUT2D eigenvalue weighted by atomic mass is 9.97. The van der Waals surface area contributed by atoms with Crippen molar-refractivity contribution in [3.05, 3.63) is 24.8 Å². The average Bonchev–Trinajstić information content (AvgIpc) is 3.03. The number of anilines is 1. The molecule has 2 N–H and O–H groups in total. The van der Waals surface area contributed by atoms with Gasteiger partial charge in [-0.15, -0.1) is 0 Å². The fraction of sp³-hybridized carbons (Fsp3) is 0.333. The van der Waals surface area contributed by atoms with Crippen LogP contribution in [0.4, 0.5) is 5.82 Å². The van der Waals surface area contributed by atoms with Gasteiger partial charge >= 0.3 is 5.97 Å². The summed E-state index contributed by atoms with van der Waals surface area (Å²) in [5.74, 6) is -0.0799. The van der Waals surface area contributed by atoms with E-state index in [1.54, 1.807) is 18.7 Å². The number of aromatic nitrogens is 4. The van der Waals surface area contributed by atoms with Gasteiger partial charge in [-0.1, -0.05) is 0 Å². The number of nitrogens with zero attached hydrogens (tertiary/aromatic N) is 4. The van der Waals surface area contributed by atoms with Crippen molar-refractivity contribution in [2.45, 2.75) is 12.8 Å². The predicted octanol–water partition coefficient (Wildman–Crippen LogP) is 1.81. The number of carbonyl (C=O) groups is 1. The first-order chi connectivity index (χ1) is 10.7. The first-order valence-electron chi connectivity index (χ1n) is 7.28. The molecule has 0 bridgehead atoms. The number of H-pyrrole nitrogens is 1. The van der Waals surface area contributed by atoms with E-state index < -0.39 is 5.97 Å². The fourth-order valence-electron chi connectivity index (χ4n) is 3.12. The van der Waals surface area contributed by atoms with E-state index in [0.29, 0.717) is 31.6 Å². The molecule has 3 aromatic rings. The molecule has 0 aromatic carbocycles. The molecule has 7 nitrogen and oxygen atoms in total.